The van der Waals surface area contributed by atoms with Crippen LogP contribution in [0.1, 0.15) is 32.6 Å². The lowest BCUT2D eigenvalue weighted by Gasteiger charge is -2.54. The number of fused-ring (bicyclic) bond motifs is 1. The fourth-order valence-corrected chi connectivity index (χ4v) is 4.11. The van der Waals surface area contributed by atoms with Gasteiger partial charge in [0.25, 0.3) is 6.47 Å². The Bertz CT molecular complexity index is 561. The average molecular weight is 323 g/mol. The van der Waals surface area contributed by atoms with Gasteiger partial charge in [-0.25, -0.2) is 4.79 Å². The molecule has 0 aromatic heterocycles. The van der Waals surface area contributed by atoms with Gasteiger partial charge < -0.3 is 19.9 Å². The molecule has 2 N–H and O–H groups in total. The van der Waals surface area contributed by atoms with E-state index in [9.17, 15) is 19.5 Å². The van der Waals surface area contributed by atoms with Gasteiger partial charge in [0, 0.05) is 5.92 Å². The van der Waals surface area contributed by atoms with Gasteiger partial charge in [-0.1, -0.05) is 12.2 Å². The van der Waals surface area contributed by atoms with Gasteiger partial charge in [-0.3, -0.25) is 9.59 Å². The van der Waals surface area contributed by atoms with Crippen molar-refractivity contribution in [2.24, 2.45) is 11.8 Å². The van der Waals surface area contributed by atoms with E-state index in [-0.39, 0.29) is 24.9 Å². The smallest absolute Gasteiger partial charge is 0.339 e. The molecule has 0 aromatic carbocycles. The number of nitrogens with one attached hydrogen (secondary N) is 1. The SMILES string of the molecule is C[C@@]12OC(=O)[C@]1([C@@H](O)[C@@H]1C=CCCC1)NC(=O)[C@@H]2CCOC=O. The summed E-state index contributed by atoms with van der Waals surface area (Å²) in [7, 11) is 0. The zero-order chi connectivity index (χ0) is 16.7. The molecule has 2 aliphatic heterocycles. The molecule has 0 spiro atoms. The van der Waals surface area contributed by atoms with Crippen molar-refractivity contribution in [3.63, 3.8) is 0 Å². The third kappa shape index (κ3) is 2.09. The first-order valence-corrected chi connectivity index (χ1v) is 7.93. The molecule has 7 nitrogen and oxygen atoms in total. The molecule has 0 aromatic rings. The molecule has 0 saturated carbocycles. The molecular weight excluding hydrogens is 302 g/mol. The zero-order valence-electron chi connectivity index (χ0n) is 13.0. The van der Waals surface area contributed by atoms with E-state index in [1.807, 2.05) is 12.2 Å². The first kappa shape index (κ1) is 16.0. The third-order valence-electron chi connectivity index (χ3n) is 5.44. The van der Waals surface area contributed by atoms with Crippen LogP contribution in [0.2, 0.25) is 0 Å². The maximum Gasteiger partial charge on any atom is 0.339 e. The highest BCUT2D eigenvalue weighted by Crippen LogP contribution is 2.53. The summed E-state index contributed by atoms with van der Waals surface area (Å²) in [5.41, 5.74) is -2.54. The molecular formula is C16H21NO6. The van der Waals surface area contributed by atoms with Crippen molar-refractivity contribution >= 4 is 18.3 Å². The lowest BCUT2D eigenvalue weighted by molar-refractivity contribution is -0.238. The van der Waals surface area contributed by atoms with Gasteiger partial charge in [-0.2, -0.15) is 0 Å². The maximum absolute atomic E-state index is 12.4. The minimum atomic E-state index is -1.41. The Morgan fingerprint density at radius 3 is 2.96 bits per heavy atom. The van der Waals surface area contributed by atoms with E-state index in [0.717, 1.165) is 19.3 Å². The molecule has 126 valence electrons. The number of esters is 1. The van der Waals surface area contributed by atoms with Crippen molar-refractivity contribution in [1.29, 1.82) is 0 Å². The second-order valence-electron chi connectivity index (χ2n) is 6.57. The van der Waals surface area contributed by atoms with Crippen LogP contribution in [0.3, 0.4) is 0 Å². The van der Waals surface area contributed by atoms with E-state index in [0.29, 0.717) is 6.47 Å². The normalized spacial score (nSPS) is 39.7. The Morgan fingerprint density at radius 2 is 2.35 bits per heavy atom. The summed E-state index contributed by atoms with van der Waals surface area (Å²) in [5.74, 6) is -1.80. The fourth-order valence-electron chi connectivity index (χ4n) is 4.11. The summed E-state index contributed by atoms with van der Waals surface area (Å²) in [6.45, 7) is 2.04. The molecule has 7 heteroatoms. The molecule has 0 radical (unpaired) electrons. The van der Waals surface area contributed by atoms with Gasteiger partial charge in [0.2, 0.25) is 11.4 Å². The summed E-state index contributed by atoms with van der Waals surface area (Å²) in [6, 6.07) is 0. The highest BCUT2D eigenvalue weighted by molar-refractivity contribution is 6.01. The Labute approximate surface area is 134 Å². The van der Waals surface area contributed by atoms with Crippen LogP contribution < -0.4 is 5.32 Å². The van der Waals surface area contributed by atoms with E-state index in [1.54, 1.807) is 6.92 Å². The van der Waals surface area contributed by atoms with Crippen LogP contribution in [-0.4, -0.2) is 47.3 Å². The first-order chi connectivity index (χ1) is 11.0. The third-order valence-corrected chi connectivity index (χ3v) is 5.44. The van der Waals surface area contributed by atoms with Crippen LogP contribution >= 0.6 is 0 Å². The predicted octanol–water partition coefficient (Wildman–Crippen LogP) is 0.0670. The van der Waals surface area contributed by atoms with E-state index >= 15 is 0 Å². The molecule has 5 atom stereocenters. The van der Waals surface area contributed by atoms with Crippen molar-refractivity contribution < 1.29 is 29.0 Å². The summed E-state index contributed by atoms with van der Waals surface area (Å²) in [6.07, 6.45) is 5.75. The standard InChI is InChI=1S/C16H21NO6/c1-15-11(7-8-22-9-18)13(20)17-16(15,14(21)23-15)12(19)10-5-3-2-4-6-10/h3,5,9-12,19H,2,4,6-8H2,1H3,(H,17,20)/t10-,11+,12+,15+,16+/m1/s1. The van der Waals surface area contributed by atoms with E-state index in [2.05, 4.69) is 10.1 Å². The number of aliphatic hydroxyl groups excluding tert-OH is 1. The van der Waals surface area contributed by atoms with E-state index < -0.39 is 29.1 Å². The minimum Gasteiger partial charge on any atom is -0.468 e. The fraction of sp³-hybridized carbons (Fsp3) is 0.688. The average Bonchev–Trinajstić information content (AvgIpc) is 2.72. The van der Waals surface area contributed by atoms with Crippen LogP contribution in [0, 0.1) is 11.8 Å². The molecule has 1 amide bonds. The zero-order valence-corrected chi connectivity index (χ0v) is 13.0. The number of amides is 1. The summed E-state index contributed by atoms with van der Waals surface area (Å²) in [4.78, 5) is 34.9. The van der Waals surface area contributed by atoms with Crippen molar-refractivity contribution in [3.05, 3.63) is 12.2 Å². The Balaban J connectivity index is 1.86. The van der Waals surface area contributed by atoms with Crippen LogP contribution in [0.4, 0.5) is 0 Å². The number of carbonyl (C=O) groups is 3. The number of allylic oxidation sites excluding steroid dienone is 1. The Morgan fingerprint density at radius 1 is 1.57 bits per heavy atom. The molecule has 2 saturated heterocycles. The van der Waals surface area contributed by atoms with Crippen LogP contribution in [0.15, 0.2) is 12.2 Å². The number of hydrogen-bond acceptors (Lipinski definition) is 6. The first-order valence-electron chi connectivity index (χ1n) is 7.93. The summed E-state index contributed by atoms with van der Waals surface area (Å²) >= 11 is 0. The Hall–Kier alpha value is -1.89. The van der Waals surface area contributed by atoms with E-state index in [1.165, 1.54) is 0 Å². The number of ether oxygens (including phenoxy) is 2. The molecule has 0 bridgehead atoms. The van der Waals surface area contributed by atoms with Crippen molar-refractivity contribution in [2.75, 3.05) is 6.61 Å². The number of aliphatic hydroxyl groups is 1. The summed E-state index contributed by atoms with van der Waals surface area (Å²) in [5, 5.41) is 13.5. The monoisotopic (exact) mass is 323 g/mol. The molecule has 2 heterocycles. The molecule has 0 unspecified atom stereocenters. The second kappa shape index (κ2) is 5.63. The van der Waals surface area contributed by atoms with Crippen molar-refractivity contribution in [3.8, 4) is 0 Å². The van der Waals surface area contributed by atoms with E-state index in [4.69, 9.17) is 4.74 Å². The summed E-state index contributed by atoms with van der Waals surface area (Å²) < 4.78 is 9.99. The van der Waals surface area contributed by atoms with Crippen LogP contribution in [-0.2, 0) is 23.9 Å². The van der Waals surface area contributed by atoms with Crippen LogP contribution in [0.25, 0.3) is 0 Å². The van der Waals surface area contributed by atoms with Crippen molar-refractivity contribution in [2.45, 2.75) is 49.9 Å². The quantitative estimate of drug-likeness (QED) is 0.310. The molecule has 2 fully saturated rings. The number of rotatable bonds is 6. The van der Waals surface area contributed by atoms with Crippen LogP contribution in [0.5, 0.6) is 0 Å². The van der Waals surface area contributed by atoms with Gasteiger partial charge in [0.1, 0.15) is 0 Å². The van der Waals surface area contributed by atoms with Gasteiger partial charge in [0.05, 0.1) is 18.6 Å². The molecule has 23 heavy (non-hydrogen) atoms. The number of hydrogen-bond donors (Lipinski definition) is 2. The van der Waals surface area contributed by atoms with Gasteiger partial charge in [0.15, 0.2) is 5.60 Å². The molecule has 3 aliphatic rings. The lowest BCUT2D eigenvalue weighted by atomic mass is 9.64. The maximum atomic E-state index is 12.4. The Kier molecular flexibility index (Phi) is 3.91. The highest BCUT2D eigenvalue weighted by Gasteiger charge is 2.79. The number of carbonyl (C=O) groups excluding carboxylic acids is 3. The highest BCUT2D eigenvalue weighted by atomic mass is 16.6. The predicted molar refractivity (Wildman–Crippen MR) is 78.0 cm³/mol. The molecule has 1 aliphatic carbocycles. The van der Waals surface area contributed by atoms with Crippen molar-refractivity contribution in [1.82, 2.24) is 5.32 Å². The molecule has 3 rings (SSSR count). The lowest BCUT2D eigenvalue weighted by Crippen LogP contribution is -2.80. The minimum absolute atomic E-state index is 0.0598. The van der Waals surface area contributed by atoms with Gasteiger partial charge in [-0.05, 0) is 32.6 Å². The van der Waals surface area contributed by atoms with Gasteiger partial charge >= 0.3 is 5.97 Å². The largest absolute Gasteiger partial charge is 0.468 e. The topological polar surface area (TPSA) is 102 Å². The second-order valence-corrected chi connectivity index (χ2v) is 6.57. The van der Waals surface area contributed by atoms with Gasteiger partial charge in [-0.15, -0.1) is 0 Å².